The Bertz CT molecular complexity index is 625. The van der Waals surface area contributed by atoms with Crippen molar-refractivity contribution in [1.29, 1.82) is 0 Å². The van der Waals surface area contributed by atoms with Crippen molar-refractivity contribution in [2.45, 2.75) is 30.2 Å². The number of rotatable bonds is 4. The molecule has 1 heterocycles. The smallest absolute Gasteiger partial charge is 0.244 e. The van der Waals surface area contributed by atoms with Crippen molar-refractivity contribution in [3.05, 3.63) is 22.2 Å². The average molecular weight is 390 g/mol. The van der Waals surface area contributed by atoms with E-state index in [1.165, 1.54) is 23.5 Å². The summed E-state index contributed by atoms with van der Waals surface area (Å²) in [6.07, 6.45) is 2.56. The molecular formula is C13H19Cl3N2O3S. The van der Waals surface area contributed by atoms with Crippen LogP contribution in [0.2, 0.25) is 10.0 Å². The summed E-state index contributed by atoms with van der Waals surface area (Å²) in [4.78, 5) is -0.00434. The summed E-state index contributed by atoms with van der Waals surface area (Å²) in [5.41, 5.74) is 5.70. The fourth-order valence-corrected chi connectivity index (χ4v) is 5.05. The molecule has 2 rings (SSSR count). The lowest BCUT2D eigenvalue weighted by molar-refractivity contribution is 0.257. The minimum Gasteiger partial charge on any atom is -0.495 e. The average Bonchev–Trinajstić information content (AvgIpc) is 2.48. The number of benzene rings is 1. The Labute approximate surface area is 147 Å². The Kier molecular flexibility index (Phi) is 7.23. The van der Waals surface area contributed by atoms with Crippen LogP contribution in [0.15, 0.2) is 17.0 Å². The van der Waals surface area contributed by atoms with Gasteiger partial charge in [-0.3, -0.25) is 0 Å². The van der Waals surface area contributed by atoms with Gasteiger partial charge in [-0.15, -0.1) is 12.4 Å². The molecule has 1 unspecified atom stereocenters. The molecule has 0 aromatic heterocycles. The van der Waals surface area contributed by atoms with Gasteiger partial charge in [-0.05, 0) is 18.9 Å². The van der Waals surface area contributed by atoms with Crippen molar-refractivity contribution in [3.8, 4) is 5.75 Å². The monoisotopic (exact) mass is 388 g/mol. The topological polar surface area (TPSA) is 72.6 Å². The highest BCUT2D eigenvalue weighted by atomic mass is 35.5. The van der Waals surface area contributed by atoms with Gasteiger partial charge in [0.25, 0.3) is 0 Å². The molecule has 1 aromatic rings. The van der Waals surface area contributed by atoms with Crippen molar-refractivity contribution in [1.82, 2.24) is 4.31 Å². The molecule has 9 heteroatoms. The van der Waals surface area contributed by atoms with E-state index in [0.29, 0.717) is 18.8 Å². The van der Waals surface area contributed by atoms with Gasteiger partial charge in [-0.25, -0.2) is 8.42 Å². The molecule has 1 aliphatic heterocycles. The SMILES string of the molecule is COc1cc(Cl)c(S(=O)(=O)N2CCCCC2CN)cc1Cl.Cl. The Morgan fingerprint density at radius 2 is 2.00 bits per heavy atom. The second-order valence-corrected chi connectivity index (χ2v) is 7.59. The molecule has 0 spiro atoms. The maximum absolute atomic E-state index is 12.8. The van der Waals surface area contributed by atoms with Gasteiger partial charge in [0.15, 0.2) is 0 Å². The van der Waals surface area contributed by atoms with Crippen LogP contribution < -0.4 is 10.5 Å². The molecule has 5 nitrogen and oxygen atoms in total. The summed E-state index contributed by atoms with van der Waals surface area (Å²) in [6.45, 7) is 0.741. The molecule has 1 aliphatic rings. The molecule has 0 amide bonds. The normalized spacial score (nSPS) is 19.5. The van der Waals surface area contributed by atoms with E-state index in [1.807, 2.05) is 0 Å². The first-order valence-corrected chi connectivity index (χ1v) is 8.86. The van der Waals surface area contributed by atoms with Crippen molar-refractivity contribution < 1.29 is 13.2 Å². The van der Waals surface area contributed by atoms with Gasteiger partial charge < -0.3 is 10.5 Å². The lowest BCUT2D eigenvalue weighted by Crippen LogP contribution is -2.47. The number of hydrogen-bond donors (Lipinski definition) is 1. The zero-order valence-electron chi connectivity index (χ0n) is 12.1. The van der Waals surface area contributed by atoms with E-state index in [-0.39, 0.29) is 33.4 Å². The first-order chi connectivity index (χ1) is 9.91. The van der Waals surface area contributed by atoms with Gasteiger partial charge in [0.05, 0.1) is 17.2 Å². The van der Waals surface area contributed by atoms with Gasteiger partial charge in [-0.1, -0.05) is 29.6 Å². The van der Waals surface area contributed by atoms with Crippen LogP contribution in [-0.4, -0.2) is 39.0 Å². The second-order valence-electron chi connectivity index (χ2n) is 4.92. The van der Waals surface area contributed by atoms with Crippen molar-refractivity contribution in [2.75, 3.05) is 20.2 Å². The third kappa shape index (κ3) is 3.80. The Morgan fingerprint density at radius 3 is 2.59 bits per heavy atom. The molecule has 0 saturated carbocycles. The quantitative estimate of drug-likeness (QED) is 0.859. The van der Waals surface area contributed by atoms with Crippen LogP contribution in [-0.2, 0) is 10.0 Å². The number of sulfonamides is 1. The van der Waals surface area contributed by atoms with E-state index in [2.05, 4.69) is 0 Å². The van der Waals surface area contributed by atoms with Gasteiger partial charge in [0.1, 0.15) is 10.6 Å². The van der Waals surface area contributed by atoms with Crippen molar-refractivity contribution >= 4 is 45.6 Å². The van der Waals surface area contributed by atoms with E-state index < -0.39 is 10.0 Å². The van der Waals surface area contributed by atoms with Gasteiger partial charge in [-0.2, -0.15) is 4.31 Å². The number of ether oxygens (including phenoxy) is 1. The van der Waals surface area contributed by atoms with Crippen LogP contribution in [0.1, 0.15) is 19.3 Å². The summed E-state index contributed by atoms with van der Waals surface area (Å²) < 4.78 is 32.1. The molecule has 0 radical (unpaired) electrons. The van der Waals surface area contributed by atoms with Crippen LogP contribution in [0.25, 0.3) is 0 Å². The Balaban J connectivity index is 0.00000242. The largest absolute Gasteiger partial charge is 0.495 e. The van der Waals surface area contributed by atoms with Crippen LogP contribution >= 0.6 is 35.6 Å². The first kappa shape index (κ1) is 19.8. The minimum absolute atomic E-state index is 0. The standard InChI is InChI=1S/C13H18Cl2N2O3S.ClH/c1-20-12-6-11(15)13(7-10(12)14)21(18,19)17-5-3-2-4-9(17)8-16;/h6-7,9H,2-5,8,16H2,1H3;1H. The van der Waals surface area contributed by atoms with Crippen molar-refractivity contribution in [2.24, 2.45) is 5.73 Å². The molecule has 126 valence electrons. The molecule has 1 aromatic carbocycles. The van der Waals surface area contributed by atoms with Gasteiger partial charge in [0.2, 0.25) is 10.0 Å². The summed E-state index contributed by atoms with van der Waals surface area (Å²) in [6, 6.07) is 2.55. The maximum atomic E-state index is 12.8. The number of nitrogens with two attached hydrogens (primary N) is 1. The number of methoxy groups -OCH3 is 1. The molecule has 1 saturated heterocycles. The van der Waals surface area contributed by atoms with E-state index in [0.717, 1.165) is 19.3 Å². The van der Waals surface area contributed by atoms with Gasteiger partial charge >= 0.3 is 0 Å². The highest BCUT2D eigenvalue weighted by Gasteiger charge is 2.34. The lowest BCUT2D eigenvalue weighted by atomic mass is 10.1. The molecular weight excluding hydrogens is 371 g/mol. The third-order valence-corrected chi connectivity index (χ3v) is 6.35. The fourth-order valence-electron chi connectivity index (χ4n) is 2.52. The molecule has 0 aliphatic carbocycles. The highest BCUT2D eigenvalue weighted by molar-refractivity contribution is 7.89. The minimum atomic E-state index is -3.72. The van der Waals surface area contributed by atoms with E-state index in [1.54, 1.807) is 0 Å². The zero-order chi connectivity index (χ0) is 15.6. The van der Waals surface area contributed by atoms with Crippen molar-refractivity contribution in [3.63, 3.8) is 0 Å². The maximum Gasteiger partial charge on any atom is 0.244 e. The second kappa shape index (κ2) is 8.04. The fraction of sp³-hybridized carbons (Fsp3) is 0.538. The molecule has 0 bridgehead atoms. The molecule has 22 heavy (non-hydrogen) atoms. The molecule has 2 N–H and O–H groups in total. The molecule has 1 atom stereocenters. The Morgan fingerprint density at radius 1 is 1.32 bits per heavy atom. The predicted molar refractivity (Wildman–Crippen MR) is 90.8 cm³/mol. The van der Waals surface area contributed by atoms with Crippen LogP contribution in [0.3, 0.4) is 0 Å². The highest BCUT2D eigenvalue weighted by Crippen LogP contribution is 2.36. The zero-order valence-corrected chi connectivity index (χ0v) is 15.2. The van der Waals surface area contributed by atoms with E-state index >= 15 is 0 Å². The number of halogens is 3. The van der Waals surface area contributed by atoms with Crippen LogP contribution in [0, 0.1) is 0 Å². The van der Waals surface area contributed by atoms with Gasteiger partial charge in [0, 0.05) is 25.2 Å². The third-order valence-electron chi connectivity index (χ3n) is 3.64. The Hall–Kier alpha value is -0.240. The molecule has 1 fully saturated rings. The van der Waals surface area contributed by atoms with Crippen LogP contribution in [0.4, 0.5) is 0 Å². The summed E-state index contributed by atoms with van der Waals surface area (Å²) in [5.74, 6) is 0.342. The predicted octanol–water partition coefficient (Wildman–Crippen LogP) is 2.93. The summed E-state index contributed by atoms with van der Waals surface area (Å²) >= 11 is 12.1. The number of hydrogen-bond acceptors (Lipinski definition) is 4. The summed E-state index contributed by atoms with van der Waals surface area (Å²) in [5, 5.41) is 0.305. The lowest BCUT2D eigenvalue weighted by Gasteiger charge is -2.34. The van der Waals surface area contributed by atoms with E-state index in [9.17, 15) is 8.42 Å². The first-order valence-electron chi connectivity index (χ1n) is 6.66. The number of piperidine rings is 1. The number of nitrogens with zero attached hydrogens (tertiary/aromatic N) is 1. The van der Waals surface area contributed by atoms with E-state index in [4.69, 9.17) is 33.7 Å². The summed E-state index contributed by atoms with van der Waals surface area (Å²) in [7, 11) is -2.27. The van der Waals surface area contributed by atoms with Crippen LogP contribution in [0.5, 0.6) is 5.75 Å².